The lowest BCUT2D eigenvalue weighted by Crippen LogP contribution is -2.40. The zero-order valence-electron chi connectivity index (χ0n) is 8.25. The molecule has 0 aromatic carbocycles. The minimum absolute atomic E-state index is 0.328. The molecule has 1 unspecified atom stereocenters. The van der Waals surface area contributed by atoms with E-state index in [0.717, 1.165) is 25.3 Å². The van der Waals surface area contributed by atoms with Gasteiger partial charge in [-0.25, -0.2) is 0 Å². The highest BCUT2D eigenvalue weighted by Crippen LogP contribution is 2.25. The molecule has 1 atom stereocenters. The molecule has 0 radical (unpaired) electrons. The third kappa shape index (κ3) is 3.35. The number of rotatable bonds is 6. The molecule has 13 heavy (non-hydrogen) atoms. The van der Waals surface area contributed by atoms with Crippen molar-refractivity contribution >= 4 is 5.97 Å². The summed E-state index contributed by atoms with van der Waals surface area (Å²) in [6.45, 7) is 2.90. The van der Waals surface area contributed by atoms with E-state index >= 15 is 0 Å². The molecule has 0 aromatic heterocycles. The summed E-state index contributed by atoms with van der Waals surface area (Å²) in [7, 11) is 0. The number of carboxylic acid groups (broad SMARTS) is 1. The molecule has 0 aromatic rings. The van der Waals surface area contributed by atoms with Crippen LogP contribution in [0.25, 0.3) is 0 Å². The van der Waals surface area contributed by atoms with Crippen LogP contribution in [0.15, 0.2) is 0 Å². The van der Waals surface area contributed by atoms with E-state index < -0.39 is 5.97 Å². The van der Waals surface area contributed by atoms with Crippen LogP contribution in [0.5, 0.6) is 0 Å². The molecule has 0 amide bonds. The Hall–Kier alpha value is -0.570. The number of carbonyl (C=O) groups is 1. The molecular formula is C10H19NO2. The molecule has 0 spiro atoms. The zero-order valence-corrected chi connectivity index (χ0v) is 8.25. The normalized spacial score (nSPS) is 19.5. The molecule has 0 bridgehead atoms. The molecule has 76 valence electrons. The fourth-order valence-electron chi connectivity index (χ4n) is 1.61. The van der Waals surface area contributed by atoms with Crippen LogP contribution in [-0.2, 0) is 4.79 Å². The van der Waals surface area contributed by atoms with Gasteiger partial charge in [-0.15, -0.1) is 0 Å². The lowest BCUT2D eigenvalue weighted by atomic mass is 9.85. The van der Waals surface area contributed by atoms with Gasteiger partial charge in [0.2, 0.25) is 0 Å². The Morgan fingerprint density at radius 1 is 1.62 bits per heavy atom. The van der Waals surface area contributed by atoms with E-state index in [1.165, 1.54) is 19.3 Å². The number of carboxylic acids is 1. The molecule has 1 aliphatic rings. The third-order valence-electron chi connectivity index (χ3n) is 2.75. The molecule has 1 fully saturated rings. The van der Waals surface area contributed by atoms with E-state index in [1.807, 2.05) is 6.92 Å². The Kier molecular flexibility index (Phi) is 4.22. The van der Waals surface area contributed by atoms with Gasteiger partial charge in [-0.1, -0.05) is 19.8 Å². The molecule has 3 nitrogen and oxygen atoms in total. The first-order valence-corrected chi connectivity index (χ1v) is 5.20. The van der Waals surface area contributed by atoms with Crippen molar-refractivity contribution in [3.8, 4) is 0 Å². The first kappa shape index (κ1) is 10.5. The Balaban J connectivity index is 2.16. The standard InChI is InChI=1S/C10H19NO2/c1-2-4-9(10(12)13)11-7-8-5-3-6-8/h8-9,11H,2-7H2,1H3,(H,12,13). The summed E-state index contributed by atoms with van der Waals surface area (Å²) in [6.07, 6.45) is 5.52. The molecule has 0 aliphatic heterocycles. The SMILES string of the molecule is CCCC(NCC1CCC1)C(=O)O. The summed E-state index contributed by atoms with van der Waals surface area (Å²) in [5.74, 6) is 0.0277. The second-order valence-corrected chi connectivity index (χ2v) is 3.88. The third-order valence-corrected chi connectivity index (χ3v) is 2.75. The first-order valence-electron chi connectivity index (χ1n) is 5.20. The van der Waals surface area contributed by atoms with E-state index in [-0.39, 0.29) is 6.04 Å². The molecule has 2 N–H and O–H groups in total. The number of nitrogens with one attached hydrogen (secondary N) is 1. The highest BCUT2D eigenvalue weighted by Gasteiger charge is 2.21. The molecule has 0 saturated heterocycles. The van der Waals surface area contributed by atoms with E-state index in [9.17, 15) is 4.79 Å². The van der Waals surface area contributed by atoms with Gasteiger partial charge in [-0.3, -0.25) is 4.79 Å². The average molecular weight is 185 g/mol. The second kappa shape index (κ2) is 5.22. The fourth-order valence-corrected chi connectivity index (χ4v) is 1.61. The quantitative estimate of drug-likeness (QED) is 0.661. The van der Waals surface area contributed by atoms with Gasteiger partial charge in [0, 0.05) is 0 Å². The molecular weight excluding hydrogens is 166 g/mol. The summed E-state index contributed by atoms with van der Waals surface area (Å²) < 4.78 is 0. The van der Waals surface area contributed by atoms with Crippen LogP contribution in [0.2, 0.25) is 0 Å². The van der Waals surface area contributed by atoms with Gasteiger partial charge >= 0.3 is 5.97 Å². The smallest absolute Gasteiger partial charge is 0.320 e. The lowest BCUT2D eigenvalue weighted by Gasteiger charge is -2.27. The number of aliphatic carboxylic acids is 1. The van der Waals surface area contributed by atoms with Crippen LogP contribution in [0.4, 0.5) is 0 Å². The summed E-state index contributed by atoms with van der Waals surface area (Å²) in [4.78, 5) is 10.7. The minimum atomic E-state index is -0.707. The van der Waals surface area contributed by atoms with Crippen molar-refractivity contribution in [1.82, 2.24) is 5.32 Å². The van der Waals surface area contributed by atoms with E-state index in [0.29, 0.717) is 0 Å². The monoisotopic (exact) mass is 185 g/mol. The van der Waals surface area contributed by atoms with Gasteiger partial charge in [0.15, 0.2) is 0 Å². The van der Waals surface area contributed by atoms with E-state index in [1.54, 1.807) is 0 Å². The maximum absolute atomic E-state index is 10.7. The molecule has 1 saturated carbocycles. The summed E-state index contributed by atoms with van der Waals surface area (Å²) in [5.41, 5.74) is 0. The van der Waals surface area contributed by atoms with Crippen molar-refractivity contribution in [3.05, 3.63) is 0 Å². The van der Waals surface area contributed by atoms with Gasteiger partial charge in [0.1, 0.15) is 6.04 Å². The minimum Gasteiger partial charge on any atom is -0.480 e. The predicted molar refractivity (Wildman–Crippen MR) is 51.7 cm³/mol. The van der Waals surface area contributed by atoms with Gasteiger partial charge in [0.25, 0.3) is 0 Å². The van der Waals surface area contributed by atoms with Crippen LogP contribution in [0.3, 0.4) is 0 Å². The second-order valence-electron chi connectivity index (χ2n) is 3.88. The van der Waals surface area contributed by atoms with Crippen LogP contribution in [0.1, 0.15) is 39.0 Å². The van der Waals surface area contributed by atoms with Crippen LogP contribution in [-0.4, -0.2) is 23.7 Å². The molecule has 3 heteroatoms. The summed E-state index contributed by atoms with van der Waals surface area (Å²) >= 11 is 0. The Labute approximate surface area is 79.5 Å². The van der Waals surface area contributed by atoms with Crippen molar-refractivity contribution < 1.29 is 9.90 Å². The highest BCUT2D eigenvalue weighted by molar-refractivity contribution is 5.73. The van der Waals surface area contributed by atoms with Gasteiger partial charge in [0.05, 0.1) is 0 Å². The van der Waals surface area contributed by atoms with Crippen LogP contribution < -0.4 is 5.32 Å². The maximum Gasteiger partial charge on any atom is 0.320 e. The van der Waals surface area contributed by atoms with Gasteiger partial charge in [-0.2, -0.15) is 0 Å². The predicted octanol–water partition coefficient (Wildman–Crippen LogP) is 1.63. The maximum atomic E-state index is 10.7. The number of hydrogen-bond acceptors (Lipinski definition) is 2. The molecule has 1 rings (SSSR count). The van der Waals surface area contributed by atoms with Crippen LogP contribution in [0, 0.1) is 5.92 Å². The van der Waals surface area contributed by atoms with Crippen molar-refractivity contribution in [2.45, 2.75) is 45.1 Å². The van der Waals surface area contributed by atoms with Crippen molar-refractivity contribution in [1.29, 1.82) is 0 Å². The van der Waals surface area contributed by atoms with Crippen molar-refractivity contribution in [2.75, 3.05) is 6.54 Å². The Bertz CT molecular complexity index is 166. The summed E-state index contributed by atoms with van der Waals surface area (Å²) in [6, 6.07) is -0.328. The number of hydrogen-bond donors (Lipinski definition) is 2. The van der Waals surface area contributed by atoms with Crippen molar-refractivity contribution in [2.24, 2.45) is 5.92 Å². The fraction of sp³-hybridized carbons (Fsp3) is 0.900. The Morgan fingerprint density at radius 3 is 2.69 bits per heavy atom. The Morgan fingerprint density at radius 2 is 2.31 bits per heavy atom. The molecule has 0 heterocycles. The molecule has 1 aliphatic carbocycles. The first-order chi connectivity index (χ1) is 6.24. The van der Waals surface area contributed by atoms with Gasteiger partial charge < -0.3 is 10.4 Å². The van der Waals surface area contributed by atoms with Gasteiger partial charge in [-0.05, 0) is 31.7 Å². The largest absolute Gasteiger partial charge is 0.480 e. The lowest BCUT2D eigenvalue weighted by molar-refractivity contribution is -0.139. The topological polar surface area (TPSA) is 49.3 Å². The van der Waals surface area contributed by atoms with E-state index in [2.05, 4.69) is 5.32 Å². The highest BCUT2D eigenvalue weighted by atomic mass is 16.4. The summed E-state index contributed by atoms with van der Waals surface area (Å²) in [5, 5.41) is 12.0. The zero-order chi connectivity index (χ0) is 9.68. The van der Waals surface area contributed by atoms with Crippen molar-refractivity contribution in [3.63, 3.8) is 0 Å². The average Bonchev–Trinajstić information content (AvgIpc) is 1.99. The van der Waals surface area contributed by atoms with Crippen LogP contribution >= 0.6 is 0 Å². The van der Waals surface area contributed by atoms with E-state index in [4.69, 9.17) is 5.11 Å².